The van der Waals surface area contributed by atoms with Crippen molar-refractivity contribution in [3.63, 3.8) is 0 Å². The van der Waals surface area contributed by atoms with Crippen molar-refractivity contribution in [1.29, 1.82) is 5.26 Å². The molecular formula is C18H14N4O. The maximum Gasteiger partial charge on any atom is 0.190 e. The van der Waals surface area contributed by atoms with Gasteiger partial charge < -0.3 is 4.74 Å². The van der Waals surface area contributed by atoms with Crippen molar-refractivity contribution in [3.05, 3.63) is 65.4 Å². The van der Waals surface area contributed by atoms with Gasteiger partial charge in [0.1, 0.15) is 17.5 Å². The van der Waals surface area contributed by atoms with E-state index in [0.717, 1.165) is 22.4 Å². The van der Waals surface area contributed by atoms with E-state index >= 15 is 0 Å². The zero-order valence-electron chi connectivity index (χ0n) is 12.5. The zero-order chi connectivity index (χ0) is 16.1. The number of aromatic amines is 1. The van der Waals surface area contributed by atoms with Gasteiger partial charge in [-0.25, -0.2) is 0 Å². The average molecular weight is 302 g/mol. The van der Waals surface area contributed by atoms with Gasteiger partial charge in [0.25, 0.3) is 0 Å². The monoisotopic (exact) mass is 302 g/mol. The minimum atomic E-state index is 0.298. The molecule has 3 aromatic rings. The molecule has 0 aliphatic rings. The molecule has 0 radical (unpaired) electrons. The molecule has 0 spiro atoms. The molecule has 3 rings (SSSR count). The lowest BCUT2D eigenvalue weighted by atomic mass is 10.1. The first-order valence-corrected chi connectivity index (χ1v) is 7.04. The van der Waals surface area contributed by atoms with Gasteiger partial charge >= 0.3 is 0 Å². The first kappa shape index (κ1) is 14.5. The van der Waals surface area contributed by atoms with Crippen LogP contribution in [0.3, 0.4) is 0 Å². The zero-order valence-corrected chi connectivity index (χ0v) is 12.5. The molecule has 112 valence electrons. The van der Waals surface area contributed by atoms with Crippen LogP contribution in [0.2, 0.25) is 0 Å². The summed E-state index contributed by atoms with van der Waals surface area (Å²) in [6, 6.07) is 17.7. The lowest BCUT2D eigenvalue weighted by Crippen LogP contribution is -1.83. The fraction of sp³-hybridized carbons (Fsp3) is 0.0556. The molecule has 23 heavy (non-hydrogen) atoms. The van der Waals surface area contributed by atoms with Crippen molar-refractivity contribution < 1.29 is 4.74 Å². The third-order valence-electron chi connectivity index (χ3n) is 3.44. The molecule has 2 aromatic carbocycles. The Bertz CT molecular complexity index is 855. The van der Waals surface area contributed by atoms with Crippen molar-refractivity contribution >= 4 is 12.2 Å². The molecule has 5 nitrogen and oxygen atoms in total. The van der Waals surface area contributed by atoms with Crippen LogP contribution < -0.4 is 4.74 Å². The number of hydrogen-bond donors (Lipinski definition) is 1. The minimum absolute atomic E-state index is 0.298. The van der Waals surface area contributed by atoms with Crippen LogP contribution in [-0.2, 0) is 0 Å². The summed E-state index contributed by atoms with van der Waals surface area (Å²) in [7, 11) is 1.65. The highest BCUT2D eigenvalue weighted by molar-refractivity contribution is 5.72. The molecule has 0 amide bonds. The van der Waals surface area contributed by atoms with E-state index < -0.39 is 0 Å². The maximum atomic E-state index is 8.98. The van der Waals surface area contributed by atoms with Gasteiger partial charge in [-0.1, -0.05) is 53.8 Å². The smallest absolute Gasteiger partial charge is 0.190 e. The molecule has 0 saturated carbocycles. The Morgan fingerprint density at radius 1 is 1.00 bits per heavy atom. The predicted molar refractivity (Wildman–Crippen MR) is 88.5 cm³/mol. The highest BCUT2D eigenvalue weighted by Crippen LogP contribution is 2.20. The fourth-order valence-electron chi connectivity index (χ4n) is 2.18. The van der Waals surface area contributed by atoms with Gasteiger partial charge in [-0.15, -0.1) is 5.10 Å². The van der Waals surface area contributed by atoms with Crippen molar-refractivity contribution in [2.24, 2.45) is 0 Å². The van der Waals surface area contributed by atoms with Gasteiger partial charge in [-0.05, 0) is 23.3 Å². The number of nitrogens with zero attached hydrogens (tertiary/aromatic N) is 3. The van der Waals surface area contributed by atoms with Gasteiger partial charge in [0, 0.05) is 5.56 Å². The third kappa shape index (κ3) is 3.27. The van der Waals surface area contributed by atoms with Crippen LogP contribution in [0.4, 0.5) is 0 Å². The normalized spacial score (nSPS) is 10.6. The van der Waals surface area contributed by atoms with Crippen LogP contribution in [0.25, 0.3) is 23.4 Å². The topological polar surface area (TPSA) is 74.6 Å². The largest absolute Gasteiger partial charge is 0.497 e. The third-order valence-corrected chi connectivity index (χ3v) is 3.44. The molecule has 0 aliphatic carbocycles. The highest BCUT2D eigenvalue weighted by atomic mass is 16.5. The Morgan fingerprint density at radius 3 is 2.17 bits per heavy atom. The first-order chi connectivity index (χ1) is 11.3. The Hall–Kier alpha value is -3.39. The summed E-state index contributed by atoms with van der Waals surface area (Å²) in [5.74, 6) is 0.841. The van der Waals surface area contributed by atoms with Crippen molar-refractivity contribution in [2.75, 3.05) is 7.11 Å². The quantitative estimate of drug-likeness (QED) is 0.748. The van der Waals surface area contributed by atoms with Crippen LogP contribution in [0.15, 0.2) is 48.5 Å². The van der Waals surface area contributed by atoms with E-state index in [2.05, 4.69) is 15.4 Å². The number of nitrogens with one attached hydrogen (secondary N) is 1. The maximum absolute atomic E-state index is 8.98. The number of rotatable bonds is 4. The summed E-state index contributed by atoms with van der Waals surface area (Å²) in [5, 5.41) is 19.1. The standard InChI is InChI=1S/C18H14N4O/c1-23-16-10-6-14(7-11-16)3-2-13-4-8-15(9-5-13)18-17(12-19)20-22-21-18/h2-11H,1H3,(H,20,21,22)/b3-2+. The molecule has 0 unspecified atom stereocenters. The Morgan fingerprint density at radius 2 is 1.61 bits per heavy atom. The number of benzene rings is 2. The number of hydrogen-bond acceptors (Lipinski definition) is 4. The number of aromatic nitrogens is 3. The lowest BCUT2D eigenvalue weighted by Gasteiger charge is -2.00. The van der Waals surface area contributed by atoms with Crippen LogP contribution in [0.1, 0.15) is 16.8 Å². The fourth-order valence-corrected chi connectivity index (χ4v) is 2.18. The highest BCUT2D eigenvalue weighted by Gasteiger charge is 2.07. The molecule has 1 N–H and O–H groups in total. The molecule has 0 bridgehead atoms. The second-order valence-corrected chi connectivity index (χ2v) is 4.88. The Labute approximate surface area is 133 Å². The van der Waals surface area contributed by atoms with Crippen LogP contribution in [0.5, 0.6) is 5.75 Å². The lowest BCUT2D eigenvalue weighted by molar-refractivity contribution is 0.415. The molecule has 1 aromatic heterocycles. The predicted octanol–water partition coefficient (Wildman–Crippen LogP) is 3.52. The van der Waals surface area contributed by atoms with Gasteiger partial charge in [0.2, 0.25) is 0 Å². The summed E-state index contributed by atoms with van der Waals surface area (Å²) in [4.78, 5) is 0. The Balaban J connectivity index is 1.77. The van der Waals surface area contributed by atoms with Crippen LogP contribution in [0, 0.1) is 11.3 Å². The summed E-state index contributed by atoms with van der Waals surface area (Å²) in [5.41, 5.74) is 3.98. The van der Waals surface area contributed by atoms with Gasteiger partial charge in [0.05, 0.1) is 7.11 Å². The SMILES string of the molecule is COc1ccc(/C=C/c2ccc(-c3[nH]nnc3C#N)cc2)cc1. The first-order valence-electron chi connectivity index (χ1n) is 7.04. The van der Waals surface area contributed by atoms with Crippen molar-refractivity contribution in [1.82, 2.24) is 15.4 Å². The van der Waals surface area contributed by atoms with Gasteiger partial charge in [-0.3, -0.25) is 5.10 Å². The van der Waals surface area contributed by atoms with E-state index in [4.69, 9.17) is 10.00 Å². The van der Waals surface area contributed by atoms with Gasteiger partial charge in [-0.2, -0.15) is 5.26 Å². The van der Waals surface area contributed by atoms with Gasteiger partial charge in [0.15, 0.2) is 5.69 Å². The summed E-state index contributed by atoms with van der Waals surface area (Å²) in [6.07, 6.45) is 4.06. The second-order valence-electron chi connectivity index (χ2n) is 4.88. The van der Waals surface area contributed by atoms with Crippen molar-refractivity contribution in [2.45, 2.75) is 0 Å². The molecule has 1 heterocycles. The van der Waals surface area contributed by atoms with E-state index in [-0.39, 0.29) is 0 Å². The molecule has 0 atom stereocenters. The molecule has 0 aliphatic heterocycles. The molecule has 5 heteroatoms. The van der Waals surface area contributed by atoms with E-state index in [1.807, 2.05) is 66.8 Å². The van der Waals surface area contributed by atoms with E-state index in [1.165, 1.54) is 0 Å². The number of H-pyrrole nitrogens is 1. The minimum Gasteiger partial charge on any atom is -0.497 e. The number of ether oxygens (including phenoxy) is 1. The second kappa shape index (κ2) is 6.58. The average Bonchev–Trinajstić information content (AvgIpc) is 3.09. The molecule has 0 saturated heterocycles. The summed E-state index contributed by atoms with van der Waals surface area (Å²) in [6.45, 7) is 0. The van der Waals surface area contributed by atoms with E-state index in [0.29, 0.717) is 11.4 Å². The van der Waals surface area contributed by atoms with Crippen LogP contribution >= 0.6 is 0 Å². The van der Waals surface area contributed by atoms with E-state index in [1.54, 1.807) is 7.11 Å². The van der Waals surface area contributed by atoms with E-state index in [9.17, 15) is 0 Å². The van der Waals surface area contributed by atoms with Crippen LogP contribution in [-0.4, -0.2) is 22.5 Å². The Kier molecular flexibility index (Phi) is 4.16. The number of methoxy groups -OCH3 is 1. The molecule has 0 fully saturated rings. The molecular weight excluding hydrogens is 288 g/mol. The summed E-state index contributed by atoms with van der Waals surface area (Å²) >= 11 is 0. The number of nitriles is 1. The summed E-state index contributed by atoms with van der Waals surface area (Å²) < 4.78 is 5.14. The van der Waals surface area contributed by atoms with Crippen molar-refractivity contribution in [3.8, 4) is 23.1 Å².